The first-order valence-electron chi connectivity index (χ1n) is 7.49. The Kier molecular flexibility index (Phi) is 8.52. The number of rotatable bonds is 10. The lowest BCUT2D eigenvalue weighted by molar-refractivity contribution is 0.0655. The van der Waals surface area contributed by atoms with Crippen molar-refractivity contribution in [1.29, 1.82) is 0 Å². The van der Waals surface area contributed by atoms with Gasteiger partial charge in [0.2, 0.25) is 8.32 Å². The van der Waals surface area contributed by atoms with E-state index in [1.165, 1.54) is 0 Å². The van der Waals surface area contributed by atoms with Gasteiger partial charge in [-0.2, -0.15) is 0 Å². The average Bonchev–Trinajstić information content (AvgIpc) is 2.37. The van der Waals surface area contributed by atoms with Crippen LogP contribution in [0, 0.1) is 0 Å². The lowest BCUT2D eigenvalue weighted by Crippen LogP contribution is -2.60. The highest BCUT2D eigenvalue weighted by atomic mass is 28.4. The average molecular weight is 355 g/mol. The second-order valence-electron chi connectivity index (χ2n) is 6.71. The van der Waals surface area contributed by atoms with Gasteiger partial charge in [-0.15, -0.1) is 0 Å². The van der Waals surface area contributed by atoms with E-state index in [1.807, 2.05) is 6.92 Å². The SMILES string of the molecule is CCC(O[Si](C)(C)C)[Si](C)(C)OC(C)[Si](OC)(OC)OC. The Balaban J connectivity index is 5.07. The molecule has 0 aliphatic rings. The Morgan fingerprint density at radius 1 is 0.810 bits per heavy atom. The van der Waals surface area contributed by atoms with Crippen LogP contribution in [0.3, 0.4) is 0 Å². The van der Waals surface area contributed by atoms with Crippen LogP contribution in [0.4, 0.5) is 0 Å². The Morgan fingerprint density at radius 2 is 1.24 bits per heavy atom. The van der Waals surface area contributed by atoms with Gasteiger partial charge in [0.25, 0.3) is 0 Å². The van der Waals surface area contributed by atoms with Crippen LogP contribution in [0.25, 0.3) is 0 Å². The molecule has 0 heterocycles. The topological polar surface area (TPSA) is 46.2 Å². The van der Waals surface area contributed by atoms with Crippen molar-refractivity contribution in [2.24, 2.45) is 0 Å². The smallest absolute Gasteiger partial charge is 0.415 e. The van der Waals surface area contributed by atoms with E-state index in [2.05, 4.69) is 39.7 Å². The van der Waals surface area contributed by atoms with Crippen molar-refractivity contribution < 1.29 is 22.1 Å². The van der Waals surface area contributed by atoms with Gasteiger partial charge >= 0.3 is 8.80 Å². The van der Waals surface area contributed by atoms with Gasteiger partial charge in [-0.1, -0.05) is 6.92 Å². The standard InChI is InChI=1S/C13H34O5Si3/c1-11-13(18-19(6,7)8)20(9,10)17-12(2)21(14-3,15-4)16-5/h12-13H,11H2,1-10H3. The van der Waals surface area contributed by atoms with Gasteiger partial charge in [0, 0.05) is 21.3 Å². The maximum Gasteiger partial charge on any atom is 0.528 e. The molecule has 0 spiro atoms. The van der Waals surface area contributed by atoms with Gasteiger partial charge in [0.1, 0.15) is 5.73 Å². The van der Waals surface area contributed by atoms with Crippen molar-refractivity contribution in [1.82, 2.24) is 0 Å². The van der Waals surface area contributed by atoms with E-state index < -0.39 is 25.4 Å². The van der Waals surface area contributed by atoms with Crippen molar-refractivity contribution in [2.75, 3.05) is 21.3 Å². The third-order valence-electron chi connectivity index (χ3n) is 3.47. The molecule has 0 saturated carbocycles. The van der Waals surface area contributed by atoms with Gasteiger partial charge in [0.05, 0.1) is 5.73 Å². The van der Waals surface area contributed by atoms with Gasteiger partial charge in [-0.05, 0) is 46.1 Å². The molecule has 8 heteroatoms. The van der Waals surface area contributed by atoms with Gasteiger partial charge in [-0.25, -0.2) is 0 Å². The number of hydrogen-bond acceptors (Lipinski definition) is 5. The van der Waals surface area contributed by atoms with E-state index in [1.54, 1.807) is 21.3 Å². The van der Waals surface area contributed by atoms with Crippen LogP contribution in [-0.4, -0.2) is 58.2 Å². The zero-order valence-electron chi connectivity index (χ0n) is 15.4. The molecule has 0 aromatic rings. The molecule has 5 nitrogen and oxygen atoms in total. The Labute approximate surface area is 133 Å². The molecule has 0 rings (SSSR count). The van der Waals surface area contributed by atoms with Gasteiger partial charge in [0.15, 0.2) is 8.32 Å². The zero-order valence-corrected chi connectivity index (χ0v) is 18.4. The molecule has 0 fully saturated rings. The molecular formula is C13H34O5Si3. The van der Waals surface area contributed by atoms with E-state index in [4.69, 9.17) is 22.1 Å². The molecule has 2 atom stereocenters. The van der Waals surface area contributed by atoms with Crippen molar-refractivity contribution >= 4 is 25.4 Å². The summed E-state index contributed by atoms with van der Waals surface area (Å²) in [6.45, 7) is 15.1. The molecule has 0 N–H and O–H groups in total. The van der Waals surface area contributed by atoms with Crippen molar-refractivity contribution in [3.8, 4) is 0 Å². The first-order chi connectivity index (χ1) is 9.48. The maximum atomic E-state index is 6.40. The Bertz CT molecular complexity index is 294. The summed E-state index contributed by atoms with van der Waals surface area (Å²) in [6.07, 6.45) is 0.956. The summed E-state index contributed by atoms with van der Waals surface area (Å²) in [4.78, 5) is 0. The highest BCUT2D eigenvalue weighted by Gasteiger charge is 2.50. The first-order valence-corrected chi connectivity index (χ1v) is 15.7. The lowest BCUT2D eigenvalue weighted by atomic mass is 10.5. The van der Waals surface area contributed by atoms with Crippen molar-refractivity contribution in [2.45, 2.75) is 64.5 Å². The van der Waals surface area contributed by atoms with Crippen LogP contribution >= 0.6 is 0 Å². The molecule has 0 aliphatic carbocycles. The monoisotopic (exact) mass is 354 g/mol. The van der Waals surface area contributed by atoms with Crippen molar-refractivity contribution in [3.63, 3.8) is 0 Å². The Morgan fingerprint density at radius 3 is 1.52 bits per heavy atom. The third-order valence-corrected chi connectivity index (χ3v) is 10.8. The molecule has 0 saturated heterocycles. The normalized spacial score (nSPS) is 16.9. The second kappa shape index (κ2) is 8.34. The van der Waals surface area contributed by atoms with Crippen LogP contribution in [0.2, 0.25) is 32.7 Å². The summed E-state index contributed by atoms with van der Waals surface area (Å²) in [5.41, 5.74) is -0.0395. The van der Waals surface area contributed by atoms with Gasteiger partial charge in [-0.3, -0.25) is 0 Å². The Hall–Kier alpha value is 0.451. The third kappa shape index (κ3) is 6.22. The van der Waals surface area contributed by atoms with Crippen molar-refractivity contribution in [3.05, 3.63) is 0 Å². The lowest BCUT2D eigenvalue weighted by Gasteiger charge is -2.40. The van der Waals surface area contributed by atoms with Crippen LogP contribution in [0.1, 0.15) is 20.3 Å². The summed E-state index contributed by atoms with van der Waals surface area (Å²) in [5, 5.41) is 0. The molecule has 21 heavy (non-hydrogen) atoms. The molecule has 2 unspecified atom stereocenters. The minimum atomic E-state index is -2.78. The fourth-order valence-electron chi connectivity index (χ4n) is 2.50. The first kappa shape index (κ1) is 21.5. The van der Waals surface area contributed by atoms with E-state index in [-0.39, 0.29) is 11.5 Å². The predicted molar refractivity (Wildman–Crippen MR) is 93.3 cm³/mol. The van der Waals surface area contributed by atoms with Gasteiger partial charge < -0.3 is 22.1 Å². The fourth-order valence-corrected chi connectivity index (χ4v) is 10.7. The second-order valence-corrected chi connectivity index (χ2v) is 18.5. The molecule has 0 aromatic carbocycles. The van der Waals surface area contributed by atoms with E-state index in [0.29, 0.717) is 0 Å². The summed E-state index contributed by atoms with van der Waals surface area (Å²) < 4.78 is 29.3. The zero-order chi connectivity index (χ0) is 16.9. The predicted octanol–water partition coefficient (Wildman–Crippen LogP) is 3.18. The van der Waals surface area contributed by atoms with Crippen LogP contribution in [0.15, 0.2) is 0 Å². The van der Waals surface area contributed by atoms with Crippen LogP contribution < -0.4 is 0 Å². The summed E-state index contributed by atoms with van der Waals surface area (Å²) in [7, 11) is -1.59. The highest BCUT2D eigenvalue weighted by Crippen LogP contribution is 2.26. The molecule has 0 amide bonds. The largest absolute Gasteiger partial charge is 0.528 e. The maximum absolute atomic E-state index is 6.40. The quantitative estimate of drug-likeness (QED) is 0.564. The van der Waals surface area contributed by atoms with E-state index in [0.717, 1.165) is 6.42 Å². The minimum absolute atomic E-state index is 0.170. The number of hydrogen-bond donors (Lipinski definition) is 0. The fraction of sp³-hybridized carbons (Fsp3) is 1.00. The van der Waals surface area contributed by atoms with E-state index >= 15 is 0 Å². The summed E-state index contributed by atoms with van der Waals surface area (Å²) in [5.74, 6) is 0. The van der Waals surface area contributed by atoms with E-state index in [9.17, 15) is 0 Å². The molecule has 0 radical (unpaired) electrons. The summed E-state index contributed by atoms with van der Waals surface area (Å²) in [6, 6.07) is 0. The molecule has 0 aliphatic heterocycles. The highest BCUT2D eigenvalue weighted by molar-refractivity contribution is 6.76. The molecule has 0 bridgehead atoms. The van der Waals surface area contributed by atoms with Crippen LogP contribution in [0.5, 0.6) is 0 Å². The van der Waals surface area contributed by atoms with Crippen LogP contribution in [-0.2, 0) is 22.1 Å². The molecule has 128 valence electrons. The minimum Gasteiger partial charge on any atom is -0.415 e. The molecule has 0 aromatic heterocycles. The molecular weight excluding hydrogens is 320 g/mol. The summed E-state index contributed by atoms with van der Waals surface area (Å²) >= 11 is 0.